The van der Waals surface area contributed by atoms with Crippen LogP contribution in [0.15, 0.2) is 0 Å². The fourth-order valence-electron chi connectivity index (χ4n) is 3.30. The molecule has 3 unspecified atom stereocenters. The first-order chi connectivity index (χ1) is 6.38. The largest absolute Gasteiger partial charge is 0.316 e. The molecule has 0 radical (unpaired) electrons. The summed E-state index contributed by atoms with van der Waals surface area (Å²) in [5.74, 6) is 4.30. The number of unbranched alkanes of at least 4 members (excludes halogenated alkanes) is 1. The molecule has 2 fully saturated rings. The molecule has 1 saturated heterocycles. The van der Waals surface area contributed by atoms with E-state index in [4.69, 9.17) is 0 Å². The van der Waals surface area contributed by atoms with Gasteiger partial charge in [0.25, 0.3) is 0 Å². The van der Waals surface area contributed by atoms with Crippen LogP contribution in [0.25, 0.3) is 0 Å². The highest BCUT2D eigenvalue weighted by Gasteiger charge is 2.54. The molecular weight excluding hydrogens is 158 g/mol. The van der Waals surface area contributed by atoms with E-state index >= 15 is 0 Å². The predicted octanol–water partition coefficient (Wildman–Crippen LogP) is 2.67. The van der Waals surface area contributed by atoms with Gasteiger partial charge in [-0.25, -0.2) is 0 Å². The minimum absolute atomic E-state index is 1.05. The Balaban J connectivity index is 1.78. The molecule has 76 valence electrons. The summed E-state index contributed by atoms with van der Waals surface area (Å²) in [4.78, 5) is 0. The van der Waals surface area contributed by atoms with E-state index in [0.29, 0.717) is 0 Å². The predicted molar refractivity (Wildman–Crippen MR) is 56.6 cm³/mol. The van der Waals surface area contributed by atoms with E-state index in [2.05, 4.69) is 19.2 Å². The lowest BCUT2D eigenvalue weighted by molar-refractivity contribution is 0.354. The van der Waals surface area contributed by atoms with E-state index in [9.17, 15) is 0 Å². The van der Waals surface area contributed by atoms with Gasteiger partial charge in [0.2, 0.25) is 0 Å². The Labute approximate surface area is 82.3 Å². The van der Waals surface area contributed by atoms with Gasteiger partial charge in [-0.05, 0) is 36.8 Å². The van der Waals surface area contributed by atoms with Gasteiger partial charge in [0.1, 0.15) is 0 Å². The Morgan fingerprint density at radius 1 is 1.23 bits per heavy atom. The molecule has 3 atom stereocenters. The maximum atomic E-state index is 3.49. The Morgan fingerprint density at radius 2 is 1.92 bits per heavy atom. The topological polar surface area (TPSA) is 12.0 Å². The zero-order valence-electron chi connectivity index (χ0n) is 9.05. The van der Waals surface area contributed by atoms with Gasteiger partial charge in [-0.3, -0.25) is 0 Å². The van der Waals surface area contributed by atoms with Crippen LogP contribution in [-0.4, -0.2) is 13.1 Å². The third-order valence-electron chi connectivity index (χ3n) is 4.16. The molecule has 13 heavy (non-hydrogen) atoms. The van der Waals surface area contributed by atoms with Crippen LogP contribution in [0.3, 0.4) is 0 Å². The second-order valence-corrected chi connectivity index (χ2v) is 4.87. The van der Waals surface area contributed by atoms with E-state index in [1.807, 2.05) is 0 Å². The van der Waals surface area contributed by atoms with Gasteiger partial charge in [0, 0.05) is 0 Å². The summed E-state index contributed by atoms with van der Waals surface area (Å²) in [7, 11) is 0. The lowest BCUT2D eigenvalue weighted by Gasteiger charge is -2.16. The van der Waals surface area contributed by atoms with Crippen molar-refractivity contribution in [2.45, 2.75) is 39.5 Å². The fraction of sp³-hybridized carbons (Fsp3) is 1.00. The van der Waals surface area contributed by atoms with Crippen molar-refractivity contribution >= 4 is 0 Å². The number of rotatable bonds is 5. The maximum absolute atomic E-state index is 3.49. The van der Waals surface area contributed by atoms with Crippen LogP contribution in [0.2, 0.25) is 0 Å². The van der Waals surface area contributed by atoms with E-state index in [-0.39, 0.29) is 0 Å². The van der Waals surface area contributed by atoms with Crippen LogP contribution < -0.4 is 5.32 Å². The van der Waals surface area contributed by atoms with Crippen molar-refractivity contribution < 1.29 is 0 Å². The zero-order valence-corrected chi connectivity index (χ0v) is 9.05. The van der Waals surface area contributed by atoms with Crippen LogP contribution in [0.4, 0.5) is 0 Å². The fourth-order valence-corrected chi connectivity index (χ4v) is 3.30. The van der Waals surface area contributed by atoms with E-state index < -0.39 is 0 Å². The average molecular weight is 181 g/mol. The standard InChI is InChI=1S/C12H23N/c1-3-5-6-9(4-2)12-10-7-13-8-11(10)12/h9-13H,3-8H2,1-2H3. The molecule has 1 heterocycles. The van der Waals surface area contributed by atoms with Crippen LogP contribution in [0, 0.1) is 23.7 Å². The SMILES string of the molecule is CCCCC(CC)C1C2CNCC21. The van der Waals surface area contributed by atoms with Gasteiger partial charge in [-0.15, -0.1) is 0 Å². The van der Waals surface area contributed by atoms with Gasteiger partial charge in [0.15, 0.2) is 0 Å². The zero-order chi connectivity index (χ0) is 9.26. The molecule has 0 aromatic rings. The van der Waals surface area contributed by atoms with E-state index in [0.717, 1.165) is 23.7 Å². The summed E-state index contributed by atoms with van der Waals surface area (Å²) in [6, 6.07) is 0. The summed E-state index contributed by atoms with van der Waals surface area (Å²) >= 11 is 0. The number of hydrogen-bond acceptors (Lipinski definition) is 1. The van der Waals surface area contributed by atoms with Gasteiger partial charge in [-0.1, -0.05) is 39.5 Å². The van der Waals surface area contributed by atoms with Crippen molar-refractivity contribution in [3.8, 4) is 0 Å². The van der Waals surface area contributed by atoms with Gasteiger partial charge < -0.3 is 5.32 Å². The van der Waals surface area contributed by atoms with Crippen LogP contribution in [-0.2, 0) is 0 Å². The van der Waals surface area contributed by atoms with Crippen molar-refractivity contribution in [3.05, 3.63) is 0 Å². The summed E-state index contributed by atoms with van der Waals surface area (Å²) in [5.41, 5.74) is 0. The summed E-state index contributed by atoms with van der Waals surface area (Å²) in [6.07, 6.45) is 5.72. The highest BCUT2D eigenvalue weighted by atomic mass is 15.0. The molecule has 1 N–H and O–H groups in total. The second kappa shape index (κ2) is 4.00. The Hall–Kier alpha value is -0.0400. The Morgan fingerprint density at radius 3 is 2.46 bits per heavy atom. The molecule has 0 bridgehead atoms. The molecule has 0 amide bonds. The molecule has 2 aliphatic rings. The highest BCUT2D eigenvalue weighted by molar-refractivity contribution is 5.05. The first-order valence-electron chi connectivity index (χ1n) is 6.09. The normalized spacial score (nSPS) is 38.8. The minimum Gasteiger partial charge on any atom is -0.316 e. The Kier molecular flexibility index (Phi) is 2.92. The van der Waals surface area contributed by atoms with Crippen molar-refractivity contribution in [1.82, 2.24) is 5.32 Å². The highest BCUT2D eigenvalue weighted by Crippen LogP contribution is 2.54. The average Bonchev–Trinajstić information content (AvgIpc) is 2.62. The third kappa shape index (κ3) is 1.76. The first kappa shape index (κ1) is 9.51. The van der Waals surface area contributed by atoms with Crippen LogP contribution >= 0.6 is 0 Å². The lowest BCUT2D eigenvalue weighted by atomic mass is 9.92. The monoisotopic (exact) mass is 181 g/mol. The molecule has 1 heteroatoms. The number of fused-ring (bicyclic) bond motifs is 1. The molecule has 0 aromatic carbocycles. The van der Waals surface area contributed by atoms with Crippen LogP contribution in [0.1, 0.15) is 39.5 Å². The van der Waals surface area contributed by atoms with Crippen molar-refractivity contribution in [2.75, 3.05) is 13.1 Å². The molecular formula is C12H23N. The smallest absolute Gasteiger partial charge is 0.00143 e. The number of piperidine rings is 1. The minimum atomic E-state index is 1.05. The third-order valence-corrected chi connectivity index (χ3v) is 4.16. The maximum Gasteiger partial charge on any atom is -0.00143 e. The van der Waals surface area contributed by atoms with Gasteiger partial charge in [0.05, 0.1) is 0 Å². The first-order valence-corrected chi connectivity index (χ1v) is 6.09. The Bertz CT molecular complexity index is 157. The quantitative estimate of drug-likeness (QED) is 0.687. The molecule has 2 rings (SSSR count). The summed E-state index contributed by atoms with van der Waals surface area (Å²) < 4.78 is 0. The van der Waals surface area contributed by atoms with Crippen molar-refractivity contribution in [3.63, 3.8) is 0 Å². The number of nitrogens with one attached hydrogen (secondary N) is 1. The van der Waals surface area contributed by atoms with Crippen molar-refractivity contribution in [2.24, 2.45) is 23.7 Å². The summed E-state index contributed by atoms with van der Waals surface area (Å²) in [6.45, 7) is 7.32. The molecule has 0 spiro atoms. The van der Waals surface area contributed by atoms with Crippen LogP contribution in [0.5, 0.6) is 0 Å². The van der Waals surface area contributed by atoms with E-state index in [1.54, 1.807) is 0 Å². The molecule has 0 aromatic heterocycles. The van der Waals surface area contributed by atoms with Crippen molar-refractivity contribution in [1.29, 1.82) is 0 Å². The van der Waals surface area contributed by atoms with E-state index in [1.165, 1.54) is 38.8 Å². The molecule has 1 aliphatic carbocycles. The molecule has 1 saturated carbocycles. The van der Waals surface area contributed by atoms with Gasteiger partial charge in [-0.2, -0.15) is 0 Å². The van der Waals surface area contributed by atoms with Gasteiger partial charge >= 0.3 is 0 Å². The lowest BCUT2D eigenvalue weighted by Crippen LogP contribution is -2.18. The molecule has 1 aliphatic heterocycles. The summed E-state index contributed by atoms with van der Waals surface area (Å²) in [5, 5.41) is 3.49. The molecule has 1 nitrogen and oxygen atoms in total. The number of hydrogen-bond donors (Lipinski definition) is 1. The second-order valence-electron chi connectivity index (χ2n) is 4.87.